The molecule has 1 heterocycles. The van der Waals surface area contributed by atoms with Crippen LogP contribution in [0.25, 0.3) is 0 Å². The van der Waals surface area contributed by atoms with E-state index >= 15 is 0 Å². The fraction of sp³-hybridized carbons (Fsp3) is 0.839. The lowest BCUT2D eigenvalue weighted by Gasteiger charge is -2.52. The van der Waals surface area contributed by atoms with E-state index in [1.807, 2.05) is 20.8 Å². The molecular formula is C31H52O8Si. The van der Waals surface area contributed by atoms with Crippen LogP contribution in [0.15, 0.2) is 11.6 Å². The Labute approximate surface area is 241 Å². The smallest absolute Gasteiger partial charge is 0.331 e. The first kappa shape index (κ1) is 32.8. The zero-order valence-corrected chi connectivity index (χ0v) is 27.0. The highest BCUT2D eigenvalue weighted by Crippen LogP contribution is 2.51. The quantitative estimate of drug-likeness (QED) is 0.251. The number of aliphatic hydroxyl groups is 1. The van der Waals surface area contributed by atoms with Crippen LogP contribution in [-0.2, 0) is 28.3 Å². The van der Waals surface area contributed by atoms with Crippen molar-refractivity contribution in [2.75, 3.05) is 0 Å². The first-order chi connectivity index (χ1) is 18.3. The van der Waals surface area contributed by atoms with Gasteiger partial charge in [0.2, 0.25) is 0 Å². The highest BCUT2D eigenvalue weighted by Gasteiger charge is 2.54. The number of fused-ring (bicyclic) bond motifs is 1. The molecule has 0 amide bonds. The average Bonchev–Trinajstić information content (AvgIpc) is 2.82. The molecule has 1 aliphatic heterocycles. The number of rotatable bonds is 9. The van der Waals surface area contributed by atoms with Crippen LogP contribution in [0.3, 0.4) is 0 Å². The summed E-state index contributed by atoms with van der Waals surface area (Å²) in [5.41, 5.74) is -2.00. The molecule has 9 heteroatoms. The molecule has 7 atom stereocenters. The zero-order chi connectivity index (χ0) is 30.3. The topological polar surface area (TPSA) is 119 Å². The predicted octanol–water partition coefficient (Wildman–Crippen LogP) is 6.02. The van der Waals surface area contributed by atoms with Crippen LogP contribution in [0.4, 0.5) is 0 Å². The predicted molar refractivity (Wildman–Crippen MR) is 155 cm³/mol. The Balaban J connectivity index is 1.82. The Hall–Kier alpha value is -1.71. The maximum Gasteiger partial charge on any atom is 0.331 e. The van der Waals surface area contributed by atoms with Gasteiger partial charge in [0.05, 0.1) is 23.5 Å². The molecule has 1 saturated heterocycles. The zero-order valence-electron chi connectivity index (χ0n) is 26.0. The van der Waals surface area contributed by atoms with Crippen molar-refractivity contribution in [3.63, 3.8) is 0 Å². The Morgan fingerprint density at radius 1 is 1.15 bits per heavy atom. The van der Waals surface area contributed by atoms with E-state index in [2.05, 4.69) is 40.8 Å². The van der Waals surface area contributed by atoms with Crippen LogP contribution in [0.1, 0.15) is 99.8 Å². The molecule has 0 aromatic rings. The van der Waals surface area contributed by atoms with Crippen molar-refractivity contribution in [2.45, 2.75) is 142 Å². The first-order valence-electron chi connectivity index (χ1n) is 15.1. The lowest BCUT2D eigenvalue weighted by molar-refractivity contribution is -0.180. The molecule has 0 aromatic carbocycles. The highest BCUT2D eigenvalue weighted by molar-refractivity contribution is 6.74. The second-order valence-corrected chi connectivity index (χ2v) is 19.4. The monoisotopic (exact) mass is 580 g/mol. The molecule has 1 saturated carbocycles. The third-order valence-electron chi connectivity index (χ3n) is 10.3. The number of carboxylic acids is 1. The number of esters is 2. The molecule has 0 spiro atoms. The van der Waals surface area contributed by atoms with Gasteiger partial charge in [0.15, 0.2) is 8.32 Å². The molecule has 0 aromatic heterocycles. The molecule has 3 rings (SSSR count). The Bertz CT molecular complexity index is 996. The summed E-state index contributed by atoms with van der Waals surface area (Å²) in [5, 5.41) is 21.7. The molecule has 3 aliphatic rings. The molecule has 40 heavy (non-hydrogen) atoms. The summed E-state index contributed by atoms with van der Waals surface area (Å²) in [4.78, 5) is 37.7. The van der Waals surface area contributed by atoms with Gasteiger partial charge in [0, 0.05) is 24.3 Å². The van der Waals surface area contributed by atoms with E-state index in [1.165, 1.54) is 6.08 Å². The SMILES string of the molecule is CCC(C)(C)C(=O)O[C@H]1CC(C(=O)O)=C[C@@]2(O)CC[C@H](C)[C@H](CC[C@@H]3C[C@@H](O[Si](C)(C)C(C)(C)C)CC(=O)O3)[C@@H]12. The van der Waals surface area contributed by atoms with Gasteiger partial charge < -0.3 is 24.1 Å². The molecule has 8 nitrogen and oxygen atoms in total. The van der Waals surface area contributed by atoms with Gasteiger partial charge in [-0.3, -0.25) is 9.59 Å². The second-order valence-electron chi connectivity index (χ2n) is 14.7. The van der Waals surface area contributed by atoms with Gasteiger partial charge >= 0.3 is 17.9 Å². The van der Waals surface area contributed by atoms with E-state index in [-0.39, 0.29) is 59.4 Å². The third-order valence-corrected chi connectivity index (χ3v) is 14.8. The van der Waals surface area contributed by atoms with E-state index in [4.69, 9.17) is 13.9 Å². The van der Waals surface area contributed by atoms with Gasteiger partial charge in [-0.15, -0.1) is 0 Å². The van der Waals surface area contributed by atoms with Crippen LogP contribution in [-0.4, -0.2) is 60.4 Å². The van der Waals surface area contributed by atoms with Crippen LogP contribution in [0, 0.1) is 23.2 Å². The fourth-order valence-corrected chi connectivity index (χ4v) is 7.65. The molecule has 0 bridgehead atoms. The van der Waals surface area contributed by atoms with E-state index in [0.29, 0.717) is 32.1 Å². The first-order valence-corrected chi connectivity index (χ1v) is 18.0. The number of ether oxygens (including phenoxy) is 2. The number of hydrogen-bond donors (Lipinski definition) is 2. The molecule has 0 unspecified atom stereocenters. The number of aliphatic carboxylic acids is 1. The largest absolute Gasteiger partial charge is 0.478 e. The number of cyclic esters (lactones) is 1. The third kappa shape index (κ3) is 7.19. The van der Waals surface area contributed by atoms with Crippen molar-refractivity contribution in [1.29, 1.82) is 0 Å². The average molecular weight is 581 g/mol. The standard InChI is InChI=1S/C31H52O8Si/c1-10-30(6,7)28(35)38-24-15-20(27(33)34)18-31(36)14-13-19(2)23(26(24)31)12-11-21-16-22(17-25(32)37-21)39-40(8,9)29(3,4)5/h18-19,21-24,26,36H,10-17H2,1-9H3,(H,33,34)/t19-,21+,22+,23-,24-,26-,31-/m0/s1. The Morgan fingerprint density at radius 2 is 1.80 bits per heavy atom. The minimum atomic E-state index is -2.05. The van der Waals surface area contributed by atoms with E-state index in [1.54, 1.807) is 0 Å². The molecule has 0 radical (unpaired) electrons. The van der Waals surface area contributed by atoms with Crippen LogP contribution >= 0.6 is 0 Å². The summed E-state index contributed by atoms with van der Waals surface area (Å²) in [5.74, 6) is -1.96. The number of carbonyl (C=O) groups is 3. The number of carboxylic acid groups (broad SMARTS) is 1. The van der Waals surface area contributed by atoms with Crippen molar-refractivity contribution in [3.8, 4) is 0 Å². The molecule has 2 aliphatic carbocycles. The van der Waals surface area contributed by atoms with Crippen molar-refractivity contribution < 1.29 is 38.5 Å². The second kappa shape index (κ2) is 11.9. The van der Waals surface area contributed by atoms with Crippen molar-refractivity contribution in [3.05, 3.63) is 11.6 Å². The van der Waals surface area contributed by atoms with Crippen molar-refractivity contribution in [2.24, 2.45) is 23.2 Å². The molecular weight excluding hydrogens is 528 g/mol. The van der Waals surface area contributed by atoms with Crippen LogP contribution < -0.4 is 0 Å². The van der Waals surface area contributed by atoms with Crippen molar-refractivity contribution >= 4 is 26.2 Å². The van der Waals surface area contributed by atoms with E-state index in [0.717, 1.165) is 6.42 Å². The van der Waals surface area contributed by atoms with Gasteiger partial charge in [0.25, 0.3) is 0 Å². The Morgan fingerprint density at radius 3 is 2.38 bits per heavy atom. The lowest BCUT2D eigenvalue weighted by atomic mass is 9.58. The summed E-state index contributed by atoms with van der Waals surface area (Å²) >= 11 is 0. The summed E-state index contributed by atoms with van der Waals surface area (Å²) in [6.07, 6.45) is 4.27. The minimum Gasteiger partial charge on any atom is -0.478 e. The number of carbonyl (C=O) groups excluding carboxylic acids is 2. The van der Waals surface area contributed by atoms with Crippen molar-refractivity contribution in [1.82, 2.24) is 0 Å². The molecule has 2 fully saturated rings. The Kier molecular flexibility index (Phi) is 9.74. The van der Waals surface area contributed by atoms with Gasteiger partial charge in [-0.05, 0) is 82.0 Å². The number of hydrogen-bond acceptors (Lipinski definition) is 7. The van der Waals surface area contributed by atoms with Gasteiger partial charge in [0.1, 0.15) is 12.2 Å². The van der Waals surface area contributed by atoms with Gasteiger partial charge in [-0.2, -0.15) is 0 Å². The minimum absolute atomic E-state index is 0.0340. The van der Waals surface area contributed by atoms with Crippen LogP contribution in [0.5, 0.6) is 0 Å². The maximum absolute atomic E-state index is 13.1. The maximum atomic E-state index is 13.1. The molecule has 2 N–H and O–H groups in total. The molecule has 228 valence electrons. The fourth-order valence-electron chi connectivity index (χ4n) is 6.29. The van der Waals surface area contributed by atoms with Crippen LogP contribution in [0.2, 0.25) is 18.1 Å². The summed E-state index contributed by atoms with van der Waals surface area (Å²) < 4.78 is 18.4. The summed E-state index contributed by atoms with van der Waals surface area (Å²) in [6.45, 7) is 18.6. The highest BCUT2D eigenvalue weighted by atomic mass is 28.4. The lowest BCUT2D eigenvalue weighted by Crippen LogP contribution is -2.56. The van der Waals surface area contributed by atoms with Gasteiger partial charge in [-0.1, -0.05) is 34.6 Å². The van der Waals surface area contributed by atoms with E-state index in [9.17, 15) is 24.6 Å². The summed E-state index contributed by atoms with van der Waals surface area (Å²) in [6, 6.07) is 0. The normalized spacial score (nSPS) is 33.5. The summed E-state index contributed by atoms with van der Waals surface area (Å²) in [7, 11) is -2.05. The van der Waals surface area contributed by atoms with Gasteiger partial charge in [-0.25, -0.2) is 4.79 Å². The van der Waals surface area contributed by atoms with E-state index < -0.39 is 37.3 Å².